The maximum Gasteiger partial charge on any atom is 0.371 e. The normalized spacial score (nSPS) is 13.9. The molecule has 0 fully saturated rings. The molecule has 7 nitrogen and oxygen atoms in total. The molecule has 0 radical (unpaired) electrons. The van der Waals surface area contributed by atoms with Gasteiger partial charge in [0.25, 0.3) is 10.0 Å². The first kappa shape index (κ1) is 16.7. The Hall–Kier alpha value is -1.38. The Morgan fingerprint density at radius 3 is 2.40 bits per heavy atom. The lowest BCUT2D eigenvalue weighted by Gasteiger charge is -2.28. The molecule has 1 aromatic heterocycles. The Labute approximate surface area is 118 Å². The number of furan rings is 1. The molecule has 1 unspecified atom stereocenters. The highest BCUT2D eigenvalue weighted by atomic mass is 32.2. The smallest absolute Gasteiger partial charge is 0.371 e. The summed E-state index contributed by atoms with van der Waals surface area (Å²) in [4.78, 5) is 12.6. The van der Waals surface area contributed by atoms with E-state index in [1.54, 1.807) is 13.8 Å². The summed E-state index contributed by atoms with van der Waals surface area (Å²) in [5.41, 5.74) is 0. The van der Waals surface area contributed by atoms with Gasteiger partial charge in [0.1, 0.15) is 0 Å². The van der Waals surface area contributed by atoms with E-state index in [0.29, 0.717) is 6.54 Å². The topological polar surface area (TPSA) is 91.1 Å². The van der Waals surface area contributed by atoms with Crippen LogP contribution in [0.25, 0.3) is 0 Å². The highest BCUT2D eigenvalue weighted by Gasteiger charge is 2.31. The van der Waals surface area contributed by atoms with Crippen LogP contribution in [0.2, 0.25) is 0 Å². The summed E-state index contributed by atoms with van der Waals surface area (Å²) in [5.74, 6) is -1.68. The van der Waals surface area contributed by atoms with E-state index in [1.807, 2.05) is 19.0 Å². The van der Waals surface area contributed by atoms with E-state index in [1.165, 1.54) is 10.4 Å². The van der Waals surface area contributed by atoms with Crippen molar-refractivity contribution in [3.05, 3.63) is 17.9 Å². The first-order valence-electron chi connectivity index (χ1n) is 6.19. The van der Waals surface area contributed by atoms with Crippen molar-refractivity contribution < 1.29 is 22.7 Å². The molecule has 0 saturated heterocycles. The van der Waals surface area contributed by atoms with Crippen LogP contribution in [0, 0.1) is 0 Å². The van der Waals surface area contributed by atoms with Crippen molar-refractivity contribution in [1.82, 2.24) is 9.21 Å². The summed E-state index contributed by atoms with van der Waals surface area (Å²) in [5, 5.41) is 8.43. The van der Waals surface area contributed by atoms with Crippen LogP contribution in [0.3, 0.4) is 0 Å². The zero-order valence-corrected chi connectivity index (χ0v) is 12.8. The summed E-state index contributed by atoms with van der Waals surface area (Å²) in [6, 6.07) is 2.06. The third-order valence-corrected chi connectivity index (χ3v) is 4.75. The molecule has 1 rings (SSSR count). The number of hydrogen-bond donors (Lipinski definition) is 1. The summed E-state index contributed by atoms with van der Waals surface area (Å²) >= 11 is 0. The fourth-order valence-electron chi connectivity index (χ4n) is 2.03. The largest absolute Gasteiger partial charge is 0.475 e. The summed E-state index contributed by atoms with van der Waals surface area (Å²) in [7, 11) is -0.125. The lowest BCUT2D eigenvalue weighted by atomic mass is 10.3. The van der Waals surface area contributed by atoms with Crippen LogP contribution in [0.15, 0.2) is 21.6 Å². The summed E-state index contributed by atoms with van der Waals surface area (Å²) < 4.78 is 31.1. The molecule has 0 bridgehead atoms. The average Bonchev–Trinajstić information content (AvgIpc) is 2.77. The molecule has 8 heteroatoms. The standard InChI is InChI=1S/C12H20N2O5S/c1-5-14(9(2)8-13(3)4)20(17,18)11-7-6-10(19-11)12(15)16/h6-7,9H,5,8H2,1-4H3,(H,15,16). The maximum absolute atomic E-state index is 12.4. The Balaban J connectivity index is 3.08. The van der Waals surface area contributed by atoms with Crippen molar-refractivity contribution in [1.29, 1.82) is 0 Å². The number of carboxylic acid groups (broad SMARTS) is 1. The number of sulfonamides is 1. The van der Waals surface area contributed by atoms with Gasteiger partial charge in [-0.2, -0.15) is 4.31 Å². The molecule has 1 aromatic rings. The molecule has 1 heterocycles. The third kappa shape index (κ3) is 3.59. The van der Waals surface area contributed by atoms with Crippen molar-refractivity contribution in [2.75, 3.05) is 27.2 Å². The van der Waals surface area contributed by atoms with Crippen LogP contribution in [-0.4, -0.2) is 61.9 Å². The van der Waals surface area contributed by atoms with Crippen LogP contribution in [0.4, 0.5) is 0 Å². The molecule has 20 heavy (non-hydrogen) atoms. The van der Waals surface area contributed by atoms with Crippen LogP contribution in [0.1, 0.15) is 24.4 Å². The van der Waals surface area contributed by atoms with E-state index in [2.05, 4.69) is 0 Å². The zero-order valence-electron chi connectivity index (χ0n) is 12.0. The number of hydrogen-bond acceptors (Lipinski definition) is 5. The van der Waals surface area contributed by atoms with Gasteiger partial charge in [-0.3, -0.25) is 0 Å². The maximum atomic E-state index is 12.4. The van der Waals surface area contributed by atoms with Gasteiger partial charge in [-0.25, -0.2) is 13.2 Å². The highest BCUT2D eigenvalue weighted by molar-refractivity contribution is 7.89. The Morgan fingerprint density at radius 2 is 2.00 bits per heavy atom. The van der Waals surface area contributed by atoms with Gasteiger partial charge in [0.2, 0.25) is 10.9 Å². The van der Waals surface area contributed by atoms with Crippen molar-refractivity contribution in [3.8, 4) is 0 Å². The number of likely N-dealkylation sites (N-methyl/N-ethyl adjacent to an activating group) is 2. The van der Waals surface area contributed by atoms with Gasteiger partial charge in [-0.05, 0) is 33.2 Å². The molecule has 1 atom stereocenters. The fraction of sp³-hybridized carbons (Fsp3) is 0.583. The van der Waals surface area contributed by atoms with Gasteiger partial charge in [0.15, 0.2) is 0 Å². The molecule has 0 aliphatic rings. The number of carbonyl (C=O) groups is 1. The van der Waals surface area contributed by atoms with Crippen molar-refractivity contribution in [2.45, 2.75) is 25.0 Å². The van der Waals surface area contributed by atoms with Crippen molar-refractivity contribution in [2.24, 2.45) is 0 Å². The van der Waals surface area contributed by atoms with Crippen LogP contribution in [-0.2, 0) is 10.0 Å². The predicted molar refractivity (Wildman–Crippen MR) is 73.2 cm³/mol. The number of aromatic carboxylic acids is 1. The molecule has 114 valence electrons. The van der Waals surface area contributed by atoms with E-state index in [-0.39, 0.29) is 23.4 Å². The van der Waals surface area contributed by atoms with Crippen LogP contribution >= 0.6 is 0 Å². The first-order chi connectivity index (χ1) is 9.20. The molecule has 0 saturated carbocycles. The predicted octanol–water partition coefficient (Wildman–Crippen LogP) is 0.939. The zero-order chi connectivity index (χ0) is 15.5. The Kier molecular flexibility index (Phi) is 5.32. The third-order valence-electron chi connectivity index (χ3n) is 2.79. The van der Waals surface area contributed by atoms with Gasteiger partial charge in [0.05, 0.1) is 0 Å². The van der Waals surface area contributed by atoms with E-state index < -0.39 is 16.0 Å². The average molecular weight is 304 g/mol. The van der Waals surface area contributed by atoms with Gasteiger partial charge < -0.3 is 14.4 Å². The molecule has 0 aliphatic heterocycles. The SMILES string of the molecule is CCN(C(C)CN(C)C)S(=O)(=O)c1ccc(C(=O)O)o1. The summed E-state index contributed by atoms with van der Waals surface area (Å²) in [6.07, 6.45) is 0. The number of rotatable bonds is 7. The van der Waals surface area contributed by atoms with E-state index in [0.717, 1.165) is 6.07 Å². The number of carboxylic acids is 1. The minimum atomic E-state index is -3.83. The van der Waals surface area contributed by atoms with E-state index >= 15 is 0 Å². The Morgan fingerprint density at radius 1 is 1.40 bits per heavy atom. The van der Waals surface area contributed by atoms with E-state index in [9.17, 15) is 13.2 Å². The van der Waals surface area contributed by atoms with Gasteiger partial charge in [-0.1, -0.05) is 6.92 Å². The lowest BCUT2D eigenvalue weighted by Crippen LogP contribution is -2.43. The second-order valence-electron chi connectivity index (χ2n) is 4.74. The molecule has 0 aliphatic carbocycles. The quantitative estimate of drug-likeness (QED) is 0.806. The minimum Gasteiger partial charge on any atom is -0.475 e. The van der Waals surface area contributed by atoms with Crippen LogP contribution < -0.4 is 0 Å². The first-order valence-corrected chi connectivity index (χ1v) is 7.63. The highest BCUT2D eigenvalue weighted by Crippen LogP contribution is 2.21. The van der Waals surface area contributed by atoms with Crippen molar-refractivity contribution in [3.63, 3.8) is 0 Å². The second-order valence-corrected chi connectivity index (χ2v) is 6.56. The molecular formula is C12H20N2O5S. The molecule has 0 spiro atoms. The monoisotopic (exact) mass is 304 g/mol. The number of nitrogens with zero attached hydrogens (tertiary/aromatic N) is 2. The second kappa shape index (κ2) is 6.38. The molecule has 0 aromatic carbocycles. The molecule has 1 N–H and O–H groups in total. The van der Waals surface area contributed by atoms with Crippen molar-refractivity contribution >= 4 is 16.0 Å². The van der Waals surface area contributed by atoms with E-state index in [4.69, 9.17) is 9.52 Å². The van der Waals surface area contributed by atoms with Crippen LogP contribution in [0.5, 0.6) is 0 Å². The fourth-order valence-corrected chi connectivity index (χ4v) is 3.57. The molecule has 0 amide bonds. The van der Waals surface area contributed by atoms with Gasteiger partial charge >= 0.3 is 5.97 Å². The summed E-state index contributed by atoms with van der Waals surface area (Å²) in [6.45, 7) is 4.35. The lowest BCUT2D eigenvalue weighted by molar-refractivity contribution is 0.0656. The molecular weight excluding hydrogens is 284 g/mol. The van der Waals surface area contributed by atoms with Gasteiger partial charge in [-0.15, -0.1) is 0 Å². The van der Waals surface area contributed by atoms with Gasteiger partial charge in [0, 0.05) is 19.1 Å². The Bertz CT molecular complexity index is 564. The minimum absolute atomic E-state index is 0.252.